The summed E-state index contributed by atoms with van der Waals surface area (Å²) in [5.74, 6) is -1.46. The number of Topliss-reactive ketones (excluding diaryl/α,β-unsaturated/α-hetero) is 1. The van der Waals surface area contributed by atoms with Crippen LogP contribution >= 0.6 is 23.2 Å². The average Bonchev–Trinajstić information content (AvgIpc) is 3.33. The first-order valence-corrected chi connectivity index (χ1v) is 9.67. The normalized spacial score (nSPS) is 18.2. The van der Waals surface area contributed by atoms with E-state index in [0.29, 0.717) is 16.3 Å². The molecule has 4 rings (SSSR count). The molecule has 1 amide bonds. The third-order valence-corrected chi connectivity index (χ3v) is 5.59. The van der Waals surface area contributed by atoms with E-state index in [0.717, 1.165) is 0 Å². The molecule has 152 valence electrons. The fraction of sp³-hybridized carbons (Fsp3) is 0.0909. The Hall–Kier alpha value is -3.22. The molecule has 8 heteroatoms. The van der Waals surface area contributed by atoms with Gasteiger partial charge in [0.05, 0.1) is 34.5 Å². The zero-order valence-electron chi connectivity index (χ0n) is 15.4. The summed E-state index contributed by atoms with van der Waals surface area (Å²) in [6, 6.07) is 13.0. The molecule has 0 saturated carbocycles. The fourth-order valence-corrected chi connectivity index (χ4v) is 3.71. The van der Waals surface area contributed by atoms with Gasteiger partial charge in [0.25, 0.3) is 11.7 Å². The minimum absolute atomic E-state index is 0.0290. The van der Waals surface area contributed by atoms with E-state index in [4.69, 9.17) is 27.6 Å². The Balaban J connectivity index is 1.87. The third kappa shape index (κ3) is 3.56. The van der Waals surface area contributed by atoms with Crippen LogP contribution in [0.5, 0.6) is 5.75 Å². The first-order chi connectivity index (χ1) is 14.4. The van der Waals surface area contributed by atoms with Gasteiger partial charge in [0, 0.05) is 5.56 Å². The summed E-state index contributed by atoms with van der Waals surface area (Å²) in [6.45, 7) is 0.0290. The first kappa shape index (κ1) is 20.1. The lowest BCUT2D eigenvalue weighted by atomic mass is 9.95. The summed E-state index contributed by atoms with van der Waals surface area (Å²) in [4.78, 5) is 27.1. The number of phenols is 1. The van der Waals surface area contributed by atoms with E-state index >= 15 is 0 Å². The molecule has 1 aromatic heterocycles. The summed E-state index contributed by atoms with van der Waals surface area (Å²) in [6.07, 6.45) is 1.47. The number of hydrogen-bond donors (Lipinski definition) is 2. The van der Waals surface area contributed by atoms with Crippen molar-refractivity contribution in [3.8, 4) is 5.75 Å². The van der Waals surface area contributed by atoms with E-state index in [1.165, 1.54) is 41.5 Å². The highest BCUT2D eigenvalue weighted by Gasteiger charge is 2.46. The number of hydrogen-bond acceptors (Lipinski definition) is 5. The number of amides is 1. The molecule has 1 fully saturated rings. The predicted molar refractivity (Wildman–Crippen MR) is 111 cm³/mol. The van der Waals surface area contributed by atoms with Crippen molar-refractivity contribution in [2.24, 2.45) is 0 Å². The van der Waals surface area contributed by atoms with Gasteiger partial charge >= 0.3 is 0 Å². The number of nitrogens with zero attached hydrogens (tertiary/aromatic N) is 1. The smallest absolute Gasteiger partial charge is 0.296 e. The van der Waals surface area contributed by atoms with E-state index in [9.17, 15) is 19.8 Å². The monoisotopic (exact) mass is 443 g/mol. The second-order valence-electron chi connectivity index (χ2n) is 6.73. The maximum atomic E-state index is 12.9. The number of benzene rings is 2. The van der Waals surface area contributed by atoms with Crippen molar-refractivity contribution in [1.29, 1.82) is 0 Å². The molecule has 0 bridgehead atoms. The molecular weight excluding hydrogens is 429 g/mol. The van der Waals surface area contributed by atoms with Crippen molar-refractivity contribution < 1.29 is 24.2 Å². The zero-order valence-corrected chi connectivity index (χ0v) is 16.9. The number of likely N-dealkylation sites (tertiary alicyclic amines) is 1. The lowest BCUT2D eigenvalue weighted by molar-refractivity contribution is -0.140. The van der Waals surface area contributed by atoms with Crippen molar-refractivity contribution in [3.05, 3.63) is 93.4 Å². The third-order valence-electron chi connectivity index (χ3n) is 4.85. The maximum Gasteiger partial charge on any atom is 0.296 e. The molecule has 30 heavy (non-hydrogen) atoms. The van der Waals surface area contributed by atoms with E-state index < -0.39 is 17.7 Å². The molecule has 3 aromatic rings. The summed E-state index contributed by atoms with van der Waals surface area (Å²) in [7, 11) is 0. The molecular formula is C22H15Cl2NO5. The number of furan rings is 1. The van der Waals surface area contributed by atoms with Gasteiger partial charge in [0.2, 0.25) is 0 Å². The lowest BCUT2D eigenvalue weighted by Gasteiger charge is -2.24. The molecule has 0 spiro atoms. The second-order valence-corrected chi connectivity index (χ2v) is 7.54. The van der Waals surface area contributed by atoms with Crippen LogP contribution in [0.2, 0.25) is 10.0 Å². The Morgan fingerprint density at radius 1 is 1.03 bits per heavy atom. The number of aliphatic hydroxyl groups excluding tert-OH is 1. The number of carbonyl (C=O) groups excluding carboxylic acids is 2. The molecule has 6 nitrogen and oxygen atoms in total. The molecule has 2 heterocycles. The Kier molecular flexibility index (Phi) is 5.28. The van der Waals surface area contributed by atoms with Crippen LogP contribution in [0.4, 0.5) is 0 Å². The van der Waals surface area contributed by atoms with E-state index in [1.54, 1.807) is 24.3 Å². The Labute approximate surface area is 181 Å². The number of ketones is 1. The fourth-order valence-electron chi connectivity index (χ4n) is 3.42. The van der Waals surface area contributed by atoms with Crippen molar-refractivity contribution in [2.45, 2.75) is 12.6 Å². The van der Waals surface area contributed by atoms with Crippen molar-refractivity contribution in [2.75, 3.05) is 0 Å². The van der Waals surface area contributed by atoms with Gasteiger partial charge in [0.1, 0.15) is 17.3 Å². The molecule has 1 saturated heterocycles. The molecule has 1 unspecified atom stereocenters. The van der Waals surface area contributed by atoms with Crippen LogP contribution in [0.3, 0.4) is 0 Å². The first-order valence-electron chi connectivity index (χ1n) is 8.92. The Morgan fingerprint density at radius 2 is 1.77 bits per heavy atom. The second kappa shape index (κ2) is 7.89. The molecule has 1 aliphatic heterocycles. The highest BCUT2D eigenvalue weighted by Crippen LogP contribution is 2.41. The standard InChI is InChI=1S/C22H15Cl2NO5/c23-16-8-5-13(10-17(16)24)20(27)18-19(12-3-6-14(26)7-4-12)25(22(29)21(18)28)11-15-2-1-9-30-15/h1-10,19,26-27H,11H2/b20-18-. The van der Waals surface area contributed by atoms with Gasteiger partial charge in [-0.15, -0.1) is 0 Å². The van der Waals surface area contributed by atoms with Crippen LogP contribution in [0.1, 0.15) is 22.9 Å². The van der Waals surface area contributed by atoms with Crippen LogP contribution in [0.15, 0.2) is 70.9 Å². The molecule has 2 N–H and O–H groups in total. The van der Waals surface area contributed by atoms with Crippen LogP contribution in [-0.2, 0) is 16.1 Å². The molecule has 2 aromatic carbocycles. The SMILES string of the molecule is O=C1C(=O)N(Cc2ccco2)C(c2ccc(O)cc2)/C1=C(/O)c1ccc(Cl)c(Cl)c1. The molecule has 0 radical (unpaired) electrons. The Bertz CT molecular complexity index is 1150. The van der Waals surface area contributed by atoms with Gasteiger partial charge in [-0.1, -0.05) is 35.3 Å². The summed E-state index contributed by atoms with van der Waals surface area (Å²) >= 11 is 12.0. The number of aromatic hydroxyl groups is 1. The van der Waals surface area contributed by atoms with Gasteiger partial charge in [-0.05, 0) is 48.0 Å². The van der Waals surface area contributed by atoms with Gasteiger partial charge in [0.15, 0.2) is 0 Å². The van der Waals surface area contributed by atoms with Crippen molar-refractivity contribution in [3.63, 3.8) is 0 Å². The summed E-state index contributed by atoms with van der Waals surface area (Å²) < 4.78 is 5.34. The topological polar surface area (TPSA) is 91.0 Å². The van der Waals surface area contributed by atoms with Gasteiger partial charge in [-0.3, -0.25) is 9.59 Å². The number of aliphatic hydroxyl groups is 1. The van der Waals surface area contributed by atoms with Crippen LogP contribution in [-0.4, -0.2) is 26.8 Å². The minimum atomic E-state index is -0.884. The maximum absolute atomic E-state index is 12.9. The van der Waals surface area contributed by atoms with E-state index in [2.05, 4.69) is 0 Å². The van der Waals surface area contributed by atoms with E-state index in [-0.39, 0.29) is 34.2 Å². The quantitative estimate of drug-likeness (QED) is 0.339. The van der Waals surface area contributed by atoms with Gasteiger partial charge < -0.3 is 19.5 Å². The number of carbonyl (C=O) groups is 2. The Morgan fingerprint density at radius 3 is 2.40 bits per heavy atom. The lowest BCUT2D eigenvalue weighted by Crippen LogP contribution is -2.29. The highest BCUT2D eigenvalue weighted by atomic mass is 35.5. The number of phenolic OH excluding ortho intramolecular Hbond substituents is 1. The molecule has 1 atom stereocenters. The van der Waals surface area contributed by atoms with Crippen LogP contribution < -0.4 is 0 Å². The molecule has 0 aliphatic carbocycles. The molecule has 1 aliphatic rings. The van der Waals surface area contributed by atoms with E-state index in [1.807, 2.05) is 0 Å². The minimum Gasteiger partial charge on any atom is -0.508 e. The number of rotatable bonds is 4. The largest absolute Gasteiger partial charge is 0.508 e. The van der Waals surface area contributed by atoms with Crippen molar-refractivity contribution in [1.82, 2.24) is 4.90 Å². The predicted octanol–water partition coefficient (Wildman–Crippen LogP) is 4.91. The highest BCUT2D eigenvalue weighted by molar-refractivity contribution is 6.46. The summed E-state index contributed by atoms with van der Waals surface area (Å²) in [5.41, 5.74) is 0.708. The van der Waals surface area contributed by atoms with Gasteiger partial charge in [-0.2, -0.15) is 0 Å². The summed E-state index contributed by atoms with van der Waals surface area (Å²) in [5, 5.41) is 21.1. The van der Waals surface area contributed by atoms with Gasteiger partial charge in [-0.25, -0.2) is 0 Å². The van der Waals surface area contributed by atoms with Crippen LogP contribution in [0.25, 0.3) is 5.76 Å². The number of halogens is 2. The van der Waals surface area contributed by atoms with Crippen molar-refractivity contribution >= 4 is 40.7 Å². The average molecular weight is 444 g/mol. The zero-order chi connectivity index (χ0) is 21.4. The van der Waals surface area contributed by atoms with Crippen LogP contribution in [0, 0.1) is 0 Å².